The van der Waals surface area contributed by atoms with E-state index in [4.69, 9.17) is 5.11 Å². The lowest BCUT2D eigenvalue weighted by atomic mass is 10.1. The summed E-state index contributed by atoms with van der Waals surface area (Å²) in [5.74, 6) is -0.833. The van der Waals surface area contributed by atoms with Crippen LogP contribution in [-0.2, 0) is 4.79 Å². The van der Waals surface area contributed by atoms with Crippen LogP contribution in [-0.4, -0.2) is 33.5 Å². The molecule has 0 aliphatic rings. The highest BCUT2D eigenvalue weighted by Gasteiger charge is 2.01. The molecule has 0 rings (SSSR count). The van der Waals surface area contributed by atoms with Gasteiger partial charge >= 0.3 is 5.97 Å². The van der Waals surface area contributed by atoms with Gasteiger partial charge in [-0.2, -0.15) is 0 Å². The number of carbonyl (C=O) groups is 1. The van der Waals surface area contributed by atoms with E-state index in [-0.39, 0.29) is 12.5 Å². The maximum Gasteiger partial charge on any atom is 0.303 e. The molecule has 0 aromatic carbocycles. The molecule has 0 radical (unpaired) electrons. The molecule has 136 valence electrons. The first-order valence-corrected chi connectivity index (χ1v) is 8.80. The zero-order chi connectivity index (χ0) is 18.0. The standard InChI is InChI=1S/C20H32O4/c1-2-3-9-13-18(21)14-10-7-5-4-6-8-11-15-19(22)16-12-17-20(23)24/h5-8,10-11,14-15,18-19,21-22H,2-4,9,12-13,16-17H2,1H3,(H,23,24)/b7-5+,8-6+,14-10+,15-11+/t18-,19+/m0/s1. The molecule has 0 saturated heterocycles. The molecule has 0 aromatic rings. The lowest BCUT2D eigenvalue weighted by Gasteiger charge is -2.02. The van der Waals surface area contributed by atoms with Crippen LogP contribution in [0.5, 0.6) is 0 Å². The van der Waals surface area contributed by atoms with Crippen LogP contribution in [0.3, 0.4) is 0 Å². The van der Waals surface area contributed by atoms with Crippen LogP contribution in [0, 0.1) is 0 Å². The van der Waals surface area contributed by atoms with Gasteiger partial charge in [0.25, 0.3) is 0 Å². The highest BCUT2D eigenvalue weighted by atomic mass is 16.4. The van der Waals surface area contributed by atoms with Gasteiger partial charge in [-0.15, -0.1) is 0 Å². The van der Waals surface area contributed by atoms with Crippen molar-refractivity contribution >= 4 is 5.97 Å². The molecule has 0 aromatic heterocycles. The minimum Gasteiger partial charge on any atom is -0.481 e. The highest BCUT2D eigenvalue weighted by molar-refractivity contribution is 5.66. The molecule has 0 aliphatic heterocycles. The first-order valence-electron chi connectivity index (χ1n) is 8.80. The zero-order valence-corrected chi connectivity index (χ0v) is 14.7. The molecular weight excluding hydrogens is 304 g/mol. The van der Waals surface area contributed by atoms with Crippen molar-refractivity contribution in [2.75, 3.05) is 0 Å². The van der Waals surface area contributed by atoms with Crippen LogP contribution in [0.2, 0.25) is 0 Å². The van der Waals surface area contributed by atoms with E-state index in [1.54, 1.807) is 12.2 Å². The topological polar surface area (TPSA) is 77.8 Å². The van der Waals surface area contributed by atoms with Gasteiger partial charge in [-0.25, -0.2) is 0 Å². The van der Waals surface area contributed by atoms with Gasteiger partial charge in [0.05, 0.1) is 12.2 Å². The Kier molecular flexibility index (Phi) is 15.1. The van der Waals surface area contributed by atoms with Crippen LogP contribution in [0.4, 0.5) is 0 Å². The number of carboxylic acid groups (broad SMARTS) is 1. The lowest BCUT2D eigenvalue weighted by Crippen LogP contribution is -2.03. The number of aliphatic hydroxyl groups excluding tert-OH is 2. The van der Waals surface area contributed by atoms with Crippen molar-refractivity contribution in [2.45, 2.75) is 70.5 Å². The van der Waals surface area contributed by atoms with Crippen molar-refractivity contribution in [2.24, 2.45) is 0 Å². The zero-order valence-electron chi connectivity index (χ0n) is 14.7. The largest absolute Gasteiger partial charge is 0.481 e. The summed E-state index contributed by atoms with van der Waals surface area (Å²) in [4.78, 5) is 10.3. The number of aliphatic carboxylic acids is 1. The van der Waals surface area contributed by atoms with Gasteiger partial charge in [0.2, 0.25) is 0 Å². The van der Waals surface area contributed by atoms with E-state index in [0.29, 0.717) is 12.8 Å². The quantitative estimate of drug-likeness (QED) is 0.329. The summed E-state index contributed by atoms with van der Waals surface area (Å²) in [5, 5.41) is 27.8. The Morgan fingerprint density at radius 3 is 1.92 bits per heavy atom. The van der Waals surface area contributed by atoms with Gasteiger partial charge in [0.15, 0.2) is 0 Å². The second-order valence-electron chi connectivity index (χ2n) is 5.78. The van der Waals surface area contributed by atoms with Gasteiger partial charge in [0, 0.05) is 6.42 Å². The van der Waals surface area contributed by atoms with E-state index in [1.165, 1.54) is 0 Å². The lowest BCUT2D eigenvalue weighted by molar-refractivity contribution is -0.137. The van der Waals surface area contributed by atoms with E-state index >= 15 is 0 Å². The molecule has 4 heteroatoms. The Morgan fingerprint density at radius 2 is 1.42 bits per heavy atom. The normalized spacial score (nSPS) is 15.1. The third-order valence-corrected chi connectivity index (χ3v) is 3.43. The van der Waals surface area contributed by atoms with Crippen LogP contribution >= 0.6 is 0 Å². The Bertz CT molecular complexity index is 421. The number of hydrogen-bond donors (Lipinski definition) is 3. The summed E-state index contributed by atoms with van der Waals surface area (Å²) < 4.78 is 0. The molecule has 0 heterocycles. The third-order valence-electron chi connectivity index (χ3n) is 3.43. The SMILES string of the molecule is CCCCC[C@H](O)/C=C/C=C/C/C=C/C=C/[C@@H](O)CCCC(=O)O. The van der Waals surface area contributed by atoms with Crippen LogP contribution in [0.1, 0.15) is 58.3 Å². The van der Waals surface area contributed by atoms with Crippen LogP contribution in [0.15, 0.2) is 48.6 Å². The highest BCUT2D eigenvalue weighted by Crippen LogP contribution is 2.04. The van der Waals surface area contributed by atoms with Crippen molar-refractivity contribution < 1.29 is 20.1 Å². The van der Waals surface area contributed by atoms with Gasteiger partial charge in [-0.3, -0.25) is 4.79 Å². The molecular formula is C20H32O4. The second-order valence-corrected chi connectivity index (χ2v) is 5.78. The van der Waals surface area contributed by atoms with Gasteiger partial charge in [-0.05, 0) is 25.7 Å². The Hall–Kier alpha value is -1.65. The summed E-state index contributed by atoms with van der Waals surface area (Å²) in [6.45, 7) is 2.15. The monoisotopic (exact) mass is 336 g/mol. The number of aliphatic hydroxyl groups is 2. The molecule has 0 saturated carbocycles. The molecule has 0 bridgehead atoms. The number of unbranched alkanes of at least 4 members (excludes halogenated alkanes) is 2. The predicted octanol–water partition coefficient (Wildman–Crippen LogP) is 4.16. The van der Waals surface area contributed by atoms with Gasteiger partial charge in [0.1, 0.15) is 0 Å². The average molecular weight is 336 g/mol. The number of rotatable bonds is 14. The summed E-state index contributed by atoms with van der Waals surface area (Å²) in [6.07, 6.45) is 19.9. The molecule has 0 amide bonds. The Labute approximate surface area is 145 Å². The third kappa shape index (κ3) is 16.7. The van der Waals surface area contributed by atoms with Gasteiger partial charge < -0.3 is 15.3 Å². The number of carboxylic acids is 1. The molecule has 3 N–H and O–H groups in total. The summed E-state index contributed by atoms with van der Waals surface area (Å²) in [5.41, 5.74) is 0. The number of hydrogen-bond acceptors (Lipinski definition) is 3. The molecule has 0 aliphatic carbocycles. The second kappa shape index (κ2) is 16.2. The smallest absolute Gasteiger partial charge is 0.303 e. The maximum atomic E-state index is 10.3. The summed E-state index contributed by atoms with van der Waals surface area (Å²) in [6, 6.07) is 0. The molecule has 2 atom stereocenters. The fourth-order valence-electron chi connectivity index (χ4n) is 2.04. The minimum atomic E-state index is -0.833. The first kappa shape index (κ1) is 22.4. The van der Waals surface area contributed by atoms with E-state index in [1.807, 2.05) is 36.5 Å². The molecule has 0 fully saturated rings. The first-order chi connectivity index (χ1) is 11.6. The van der Waals surface area contributed by atoms with Crippen molar-refractivity contribution in [3.8, 4) is 0 Å². The van der Waals surface area contributed by atoms with Crippen LogP contribution in [0.25, 0.3) is 0 Å². The van der Waals surface area contributed by atoms with Gasteiger partial charge in [-0.1, -0.05) is 74.8 Å². The average Bonchev–Trinajstić information content (AvgIpc) is 2.53. The molecule has 4 nitrogen and oxygen atoms in total. The summed E-state index contributed by atoms with van der Waals surface area (Å²) in [7, 11) is 0. The van der Waals surface area contributed by atoms with E-state index < -0.39 is 12.1 Å². The van der Waals surface area contributed by atoms with Crippen molar-refractivity contribution in [3.63, 3.8) is 0 Å². The molecule has 24 heavy (non-hydrogen) atoms. The predicted molar refractivity (Wildman–Crippen MR) is 98.8 cm³/mol. The van der Waals surface area contributed by atoms with E-state index in [0.717, 1.165) is 32.1 Å². The summed E-state index contributed by atoms with van der Waals surface area (Å²) >= 11 is 0. The molecule has 0 spiro atoms. The van der Waals surface area contributed by atoms with Crippen LogP contribution < -0.4 is 0 Å². The fourth-order valence-corrected chi connectivity index (χ4v) is 2.04. The van der Waals surface area contributed by atoms with E-state index in [2.05, 4.69) is 6.92 Å². The minimum absolute atomic E-state index is 0.0896. The molecule has 0 unspecified atom stereocenters. The van der Waals surface area contributed by atoms with Crippen molar-refractivity contribution in [1.82, 2.24) is 0 Å². The Morgan fingerprint density at radius 1 is 0.875 bits per heavy atom. The van der Waals surface area contributed by atoms with E-state index in [9.17, 15) is 15.0 Å². The van der Waals surface area contributed by atoms with Crippen molar-refractivity contribution in [3.05, 3.63) is 48.6 Å². The van der Waals surface area contributed by atoms with Crippen molar-refractivity contribution in [1.29, 1.82) is 0 Å². The number of allylic oxidation sites excluding steroid dienone is 6. The Balaban J connectivity index is 3.75. The maximum absolute atomic E-state index is 10.3. The fraction of sp³-hybridized carbons (Fsp3) is 0.550.